The number of ether oxygens (including phenoxy) is 6. The number of aliphatic hydroxyl groups is 2. The number of carboxylic acids is 2. The third kappa shape index (κ3) is 8.20. The van der Waals surface area contributed by atoms with E-state index >= 15 is 0 Å². The number of ketones is 2. The number of Topliss-reactive ketones (excluding diaryl/α,β-unsaturated/α-hetero) is 2. The van der Waals surface area contributed by atoms with Crippen molar-refractivity contribution in [2.45, 2.75) is 24.7 Å². The van der Waals surface area contributed by atoms with E-state index in [-0.39, 0.29) is 34.1 Å². The lowest BCUT2D eigenvalue weighted by atomic mass is 9.75. The molecule has 0 radical (unpaired) electrons. The number of esters is 2. The molecule has 0 heterocycles. The van der Waals surface area contributed by atoms with Crippen molar-refractivity contribution in [3.63, 3.8) is 0 Å². The average molecular weight is 673 g/mol. The second-order valence-corrected chi connectivity index (χ2v) is 10.0. The molecule has 0 saturated carbocycles. The number of benzene rings is 2. The first-order valence-electron chi connectivity index (χ1n) is 13.9. The van der Waals surface area contributed by atoms with Gasteiger partial charge in [-0.1, -0.05) is 12.1 Å². The molecule has 2 aromatic rings. The zero-order valence-corrected chi connectivity index (χ0v) is 26.1. The summed E-state index contributed by atoms with van der Waals surface area (Å²) >= 11 is 0. The van der Waals surface area contributed by atoms with Gasteiger partial charge in [-0.2, -0.15) is 0 Å². The van der Waals surface area contributed by atoms with Gasteiger partial charge in [0.25, 0.3) is 0 Å². The average Bonchev–Trinajstić information content (AvgIpc) is 3.07. The van der Waals surface area contributed by atoms with Crippen molar-refractivity contribution < 1.29 is 77.6 Å². The van der Waals surface area contributed by atoms with Crippen LogP contribution in [-0.2, 0) is 38.2 Å². The van der Waals surface area contributed by atoms with E-state index in [4.69, 9.17) is 38.6 Å². The number of allylic oxidation sites excluding steroid dienone is 2. The van der Waals surface area contributed by atoms with Gasteiger partial charge in [0, 0.05) is 11.8 Å². The van der Waals surface area contributed by atoms with Gasteiger partial charge < -0.3 is 48.8 Å². The Morgan fingerprint density at radius 1 is 0.604 bits per heavy atom. The van der Waals surface area contributed by atoms with E-state index in [0.29, 0.717) is 0 Å². The highest BCUT2D eigenvalue weighted by Crippen LogP contribution is 2.43. The molecule has 1 aliphatic carbocycles. The van der Waals surface area contributed by atoms with Crippen LogP contribution in [0.25, 0.3) is 0 Å². The summed E-state index contributed by atoms with van der Waals surface area (Å²) in [6.07, 6.45) is -1.20. The van der Waals surface area contributed by atoms with Crippen LogP contribution >= 0.6 is 0 Å². The highest BCUT2D eigenvalue weighted by molar-refractivity contribution is 6.24. The first-order valence-corrected chi connectivity index (χ1v) is 13.9. The molecule has 48 heavy (non-hydrogen) atoms. The molecule has 2 aromatic carbocycles. The van der Waals surface area contributed by atoms with Crippen molar-refractivity contribution >= 4 is 35.4 Å². The maximum Gasteiger partial charge on any atom is 0.341 e. The number of aliphatic carboxylic acids is 2. The Hall–Kier alpha value is -6.06. The molecule has 0 amide bonds. The summed E-state index contributed by atoms with van der Waals surface area (Å²) in [5.74, 6) is -11.8. The van der Waals surface area contributed by atoms with Crippen LogP contribution in [0, 0.1) is 0 Å². The summed E-state index contributed by atoms with van der Waals surface area (Å²) < 4.78 is 30.4. The minimum Gasteiger partial charge on any atom is -0.504 e. The lowest BCUT2D eigenvalue weighted by Crippen LogP contribution is -2.31. The lowest BCUT2D eigenvalue weighted by Gasteiger charge is -2.28. The normalized spacial score (nSPS) is 14.2. The van der Waals surface area contributed by atoms with Crippen LogP contribution in [0.1, 0.15) is 35.8 Å². The van der Waals surface area contributed by atoms with Crippen LogP contribution in [-0.4, -0.2) is 97.5 Å². The fraction of sp³-hybridized carbons (Fsp3) is 0.312. The van der Waals surface area contributed by atoms with Gasteiger partial charge >= 0.3 is 23.9 Å². The maximum atomic E-state index is 13.8. The predicted octanol–water partition coefficient (Wildman–Crippen LogP) is 2.40. The van der Waals surface area contributed by atoms with Gasteiger partial charge in [0.15, 0.2) is 47.7 Å². The number of aliphatic hydroxyl groups excluding tert-OH is 2. The van der Waals surface area contributed by atoms with Gasteiger partial charge in [0.2, 0.25) is 11.6 Å². The summed E-state index contributed by atoms with van der Waals surface area (Å²) in [6.45, 7) is -1.42. The molecule has 3 rings (SSSR count). The van der Waals surface area contributed by atoms with Crippen LogP contribution in [0.15, 0.2) is 59.1 Å². The first kappa shape index (κ1) is 36.4. The molecular weight excluding hydrogens is 640 g/mol. The Labute approximate surface area is 272 Å². The first-order chi connectivity index (χ1) is 22.8. The Morgan fingerprint density at radius 2 is 0.958 bits per heavy atom. The molecule has 2 unspecified atom stereocenters. The number of methoxy groups -OCH3 is 4. The molecule has 256 valence electrons. The molecule has 0 aromatic heterocycles. The summed E-state index contributed by atoms with van der Waals surface area (Å²) in [7, 11) is 4.64. The number of carbonyl (C=O) groups excluding carboxylic acids is 4. The molecule has 16 nitrogen and oxygen atoms in total. The zero-order chi connectivity index (χ0) is 35.7. The molecule has 1 aliphatic rings. The SMILES string of the molecule is COC(=O)CC(C1=C(O)C(=O)C(C(CC(=O)OC)c2ccc(OCC(=O)O)c(OC)c2)=C(O)C1=O)c1ccc(OCC(=O)O)c(OC)c1. The smallest absolute Gasteiger partial charge is 0.341 e. The van der Waals surface area contributed by atoms with E-state index in [1.165, 1.54) is 50.6 Å². The number of carboxylic acid groups (broad SMARTS) is 2. The van der Waals surface area contributed by atoms with E-state index in [2.05, 4.69) is 0 Å². The van der Waals surface area contributed by atoms with Crippen LogP contribution in [0.2, 0.25) is 0 Å². The Balaban J connectivity index is 2.16. The van der Waals surface area contributed by atoms with Crippen molar-refractivity contribution in [2.24, 2.45) is 0 Å². The van der Waals surface area contributed by atoms with Gasteiger partial charge in [-0.3, -0.25) is 19.2 Å². The molecule has 4 N–H and O–H groups in total. The Bertz CT molecular complexity index is 1560. The molecule has 0 fully saturated rings. The fourth-order valence-corrected chi connectivity index (χ4v) is 4.95. The largest absolute Gasteiger partial charge is 0.504 e. The van der Waals surface area contributed by atoms with Crippen molar-refractivity contribution in [1.29, 1.82) is 0 Å². The third-order valence-electron chi connectivity index (χ3n) is 7.21. The van der Waals surface area contributed by atoms with Crippen molar-refractivity contribution in [3.05, 3.63) is 70.2 Å². The van der Waals surface area contributed by atoms with Gasteiger partial charge in [-0.15, -0.1) is 0 Å². The minimum absolute atomic E-state index is 0.00444. The number of carbonyl (C=O) groups is 6. The van der Waals surface area contributed by atoms with Gasteiger partial charge in [0.05, 0.1) is 52.4 Å². The number of hydrogen-bond donors (Lipinski definition) is 4. The molecular formula is C32H32O16. The van der Waals surface area contributed by atoms with Crippen molar-refractivity contribution in [1.82, 2.24) is 0 Å². The quantitative estimate of drug-likeness (QED) is 0.148. The van der Waals surface area contributed by atoms with E-state index < -0.39 is 96.0 Å². The highest BCUT2D eigenvalue weighted by Gasteiger charge is 2.43. The molecule has 0 saturated heterocycles. The Kier molecular flexibility index (Phi) is 12.1. The van der Waals surface area contributed by atoms with Crippen LogP contribution in [0.4, 0.5) is 0 Å². The molecule has 0 spiro atoms. The monoisotopic (exact) mass is 672 g/mol. The van der Waals surface area contributed by atoms with E-state index in [1.54, 1.807) is 0 Å². The van der Waals surface area contributed by atoms with Crippen molar-refractivity contribution in [2.75, 3.05) is 41.7 Å². The third-order valence-corrected chi connectivity index (χ3v) is 7.21. The fourth-order valence-electron chi connectivity index (χ4n) is 4.95. The van der Waals surface area contributed by atoms with E-state index in [9.17, 15) is 39.0 Å². The molecule has 16 heteroatoms. The second kappa shape index (κ2) is 16.0. The van der Waals surface area contributed by atoms with Gasteiger partial charge in [0.1, 0.15) is 0 Å². The lowest BCUT2D eigenvalue weighted by molar-refractivity contribution is -0.142. The van der Waals surface area contributed by atoms with Gasteiger partial charge in [-0.25, -0.2) is 9.59 Å². The minimum atomic E-state index is -1.40. The Morgan fingerprint density at radius 3 is 1.25 bits per heavy atom. The second-order valence-electron chi connectivity index (χ2n) is 10.0. The maximum absolute atomic E-state index is 13.8. The summed E-state index contributed by atoms with van der Waals surface area (Å²) in [6, 6.07) is 7.83. The van der Waals surface area contributed by atoms with Crippen LogP contribution in [0.3, 0.4) is 0 Å². The molecule has 2 atom stereocenters. The molecule has 0 bridgehead atoms. The zero-order valence-electron chi connectivity index (χ0n) is 26.1. The summed E-state index contributed by atoms with van der Waals surface area (Å²) in [5.41, 5.74) is -1.10. The highest BCUT2D eigenvalue weighted by atomic mass is 16.5. The van der Waals surface area contributed by atoms with Crippen molar-refractivity contribution in [3.8, 4) is 23.0 Å². The molecule has 0 aliphatic heterocycles. The van der Waals surface area contributed by atoms with E-state index in [1.807, 2.05) is 0 Å². The standard InChI is InChI=1S/C32H32O16/c1-43-21-9-15(5-7-19(21)47-13-23(33)34)17(11-25(37)45-3)27-29(39)31(41)28(32(42)30(27)40)18(12-26(38)46-4)16-6-8-20(22(10-16)44-2)48-14-24(35)36/h5-10,17-18,39,42H,11-14H2,1-4H3,(H,33,34)(H,35,36). The number of hydrogen-bond acceptors (Lipinski definition) is 14. The topological polar surface area (TPSA) is 239 Å². The van der Waals surface area contributed by atoms with Gasteiger partial charge in [-0.05, 0) is 35.4 Å². The summed E-state index contributed by atoms with van der Waals surface area (Å²) in [4.78, 5) is 74.5. The number of rotatable bonds is 16. The summed E-state index contributed by atoms with van der Waals surface area (Å²) in [5, 5.41) is 40.4. The van der Waals surface area contributed by atoms with Crippen LogP contribution < -0.4 is 18.9 Å². The predicted molar refractivity (Wildman–Crippen MR) is 160 cm³/mol. The van der Waals surface area contributed by atoms with E-state index in [0.717, 1.165) is 14.2 Å². The van der Waals surface area contributed by atoms with Crippen LogP contribution in [0.5, 0.6) is 23.0 Å².